The fourth-order valence-electron chi connectivity index (χ4n) is 5.91. The third kappa shape index (κ3) is 7.19. The zero-order chi connectivity index (χ0) is 37.5. The standard InChI is InChI=1S/C36H33ClF2N6O6S/c1-20-23-13-15-28(25(23)12-11-24(20)35(48)51-36(2,3)4)43-34(47)30-17-29(33(46)40-18-21-10-14-26(38)27(39)16-21)42-32-31(19-41-44(30)32)52(49,50)45(37)22-8-6-5-7-9-22/h5-12,14,16-17,19,28H,13,15,18H2,1-4H3,(H,40,46)(H,43,47). The predicted octanol–water partition coefficient (Wildman–Crippen LogP) is 5.97. The summed E-state index contributed by atoms with van der Waals surface area (Å²) in [4.78, 5) is 44.1. The van der Waals surface area contributed by atoms with Gasteiger partial charge in [0.1, 0.15) is 17.0 Å². The Labute approximate surface area is 302 Å². The van der Waals surface area contributed by atoms with Gasteiger partial charge in [0, 0.05) is 24.4 Å². The van der Waals surface area contributed by atoms with Crippen molar-refractivity contribution in [2.45, 2.75) is 63.6 Å². The molecule has 1 atom stereocenters. The molecule has 0 saturated heterocycles. The van der Waals surface area contributed by atoms with Gasteiger partial charge in [-0.05, 0) is 93.1 Å². The molecule has 0 saturated carbocycles. The molecule has 0 spiro atoms. The SMILES string of the molecule is Cc1c(C(=O)OC(C)(C)C)ccc2c1CCC2NC(=O)c1cc(C(=O)NCc2ccc(F)c(F)c2)nc2c(S(=O)(=O)N(Cl)c3ccccc3)cnn12. The topological polar surface area (TPSA) is 152 Å². The number of carbonyl (C=O) groups is 3. The fourth-order valence-corrected chi connectivity index (χ4v) is 7.36. The zero-order valence-electron chi connectivity index (χ0n) is 28.4. The van der Waals surface area contributed by atoms with Crippen molar-refractivity contribution in [1.29, 1.82) is 0 Å². The van der Waals surface area contributed by atoms with E-state index in [2.05, 4.69) is 20.7 Å². The maximum Gasteiger partial charge on any atom is 0.338 e. The molecular weight excluding hydrogens is 718 g/mol. The number of amides is 2. The summed E-state index contributed by atoms with van der Waals surface area (Å²) in [5.41, 5.74) is 1.57. The number of sulfonamides is 1. The van der Waals surface area contributed by atoms with E-state index >= 15 is 0 Å². The number of hydrogen-bond donors (Lipinski definition) is 2. The Hall–Kier alpha value is -5.41. The van der Waals surface area contributed by atoms with Crippen LogP contribution in [0.15, 0.2) is 77.8 Å². The zero-order valence-corrected chi connectivity index (χ0v) is 30.0. The molecule has 1 aliphatic rings. The lowest BCUT2D eigenvalue weighted by Gasteiger charge is -2.21. The predicted molar refractivity (Wildman–Crippen MR) is 187 cm³/mol. The van der Waals surface area contributed by atoms with E-state index in [0.717, 1.165) is 45.6 Å². The highest BCUT2D eigenvalue weighted by molar-refractivity contribution is 7.94. The van der Waals surface area contributed by atoms with Gasteiger partial charge in [-0.25, -0.2) is 23.1 Å². The molecule has 3 aromatic carbocycles. The average Bonchev–Trinajstić information content (AvgIpc) is 3.73. The molecule has 2 N–H and O–H groups in total. The highest BCUT2D eigenvalue weighted by Crippen LogP contribution is 2.36. The maximum absolute atomic E-state index is 14.0. The number of ether oxygens (including phenoxy) is 1. The van der Waals surface area contributed by atoms with Gasteiger partial charge in [-0.1, -0.05) is 30.3 Å². The molecule has 0 bridgehead atoms. The molecule has 2 amide bonds. The van der Waals surface area contributed by atoms with E-state index in [4.69, 9.17) is 16.5 Å². The number of hydrogen-bond acceptors (Lipinski definition) is 8. The maximum atomic E-state index is 14.0. The summed E-state index contributed by atoms with van der Waals surface area (Å²) >= 11 is 6.31. The molecule has 0 aliphatic heterocycles. The van der Waals surface area contributed by atoms with Crippen molar-refractivity contribution in [2.24, 2.45) is 0 Å². The second-order valence-electron chi connectivity index (χ2n) is 13.1. The summed E-state index contributed by atoms with van der Waals surface area (Å²) in [6.07, 6.45) is 2.02. The summed E-state index contributed by atoms with van der Waals surface area (Å²) in [6, 6.07) is 15.0. The first-order chi connectivity index (χ1) is 24.5. The molecular formula is C36H33ClF2N6O6S. The quantitative estimate of drug-likeness (QED) is 0.138. The van der Waals surface area contributed by atoms with Crippen molar-refractivity contribution in [1.82, 2.24) is 25.2 Å². The van der Waals surface area contributed by atoms with Crippen molar-refractivity contribution < 1.29 is 36.3 Å². The Morgan fingerprint density at radius 1 is 1.02 bits per heavy atom. The number of esters is 1. The number of carbonyl (C=O) groups excluding carboxylic acids is 3. The number of halogens is 3. The Morgan fingerprint density at radius 3 is 2.44 bits per heavy atom. The molecule has 270 valence electrons. The van der Waals surface area contributed by atoms with Crippen LogP contribution in [0.3, 0.4) is 0 Å². The number of anilines is 1. The number of nitrogens with zero attached hydrogens (tertiary/aromatic N) is 4. The summed E-state index contributed by atoms with van der Waals surface area (Å²) in [5.74, 6) is -4.16. The van der Waals surface area contributed by atoms with Crippen molar-refractivity contribution in [3.63, 3.8) is 0 Å². The van der Waals surface area contributed by atoms with Crippen LogP contribution in [0, 0.1) is 18.6 Å². The Balaban J connectivity index is 1.35. The Kier molecular flexibility index (Phi) is 9.77. The van der Waals surface area contributed by atoms with E-state index in [0.29, 0.717) is 22.2 Å². The van der Waals surface area contributed by atoms with Crippen LogP contribution in [0.5, 0.6) is 0 Å². The van der Waals surface area contributed by atoms with Gasteiger partial charge >= 0.3 is 5.97 Å². The van der Waals surface area contributed by atoms with Crippen molar-refractivity contribution in [3.8, 4) is 0 Å². The molecule has 0 radical (unpaired) electrons. The van der Waals surface area contributed by atoms with Crippen LogP contribution in [-0.4, -0.2) is 46.4 Å². The molecule has 52 heavy (non-hydrogen) atoms. The van der Waals surface area contributed by atoms with Gasteiger partial charge in [0.25, 0.3) is 21.8 Å². The van der Waals surface area contributed by atoms with Gasteiger partial charge in [-0.3, -0.25) is 9.59 Å². The fraction of sp³-hybridized carbons (Fsp3) is 0.250. The van der Waals surface area contributed by atoms with Crippen LogP contribution in [-0.2, 0) is 27.7 Å². The second-order valence-corrected chi connectivity index (χ2v) is 15.4. The highest BCUT2D eigenvalue weighted by Gasteiger charge is 2.33. The summed E-state index contributed by atoms with van der Waals surface area (Å²) in [5, 5.41) is 9.64. The largest absolute Gasteiger partial charge is 0.456 e. The molecule has 2 aromatic heterocycles. The molecule has 1 unspecified atom stereocenters. The molecule has 0 fully saturated rings. The van der Waals surface area contributed by atoms with E-state index in [1.165, 1.54) is 18.2 Å². The van der Waals surface area contributed by atoms with Crippen molar-refractivity contribution in [3.05, 3.63) is 124 Å². The first-order valence-electron chi connectivity index (χ1n) is 16.1. The normalized spacial score (nSPS) is 14.2. The number of fused-ring (bicyclic) bond motifs is 2. The lowest BCUT2D eigenvalue weighted by atomic mass is 9.97. The van der Waals surface area contributed by atoms with Gasteiger partial charge in [-0.2, -0.15) is 17.3 Å². The molecule has 5 aromatic rings. The highest BCUT2D eigenvalue weighted by atomic mass is 35.5. The number of nitrogens with one attached hydrogen (secondary N) is 2. The van der Waals surface area contributed by atoms with E-state index < -0.39 is 56.0 Å². The minimum absolute atomic E-state index is 0.118. The molecule has 2 heterocycles. The lowest BCUT2D eigenvalue weighted by Crippen LogP contribution is -2.31. The van der Waals surface area contributed by atoms with Crippen LogP contribution in [0.1, 0.15) is 86.8 Å². The average molecular weight is 751 g/mol. The third-order valence-electron chi connectivity index (χ3n) is 8.41. The second kappa shape index (κ2) is 14.0. The van der Waals surface area contributed by atoms with E-state index in [-0.39, 0.29) is 34.8 Å². The van der Waals surface area contributed by atoms with E-state index in [1.807, 2.05) is 6.92 Å². The van der Waals surface area contributed by atoms with E-state index in [9.17, 15) is 31.6 Å². The third-order valence-corrected chi connectivity index (χ3v) is 10.6. The van der Waals surface area contributed by atoms with Gasteiger partial charge < -0.3 is 15.4 Å². The molecule has 1 aliphatic carbocycles. The number of aromatic nitrogens is 3. The van der Waals surface area contributed by atoms with Gasteiger partial charge in [-0.15, -0.1) is 0 Å². The van der Waals surface area contributed by atoms with Gasteiger partial charge in [0.2, 0.25) is 0 Å². The van der Waals surface area contributed by atoms with Gasteiger partial charge in [0.15, 0.2) is 22.2 Å². The first-order valence-corrected chi connectivity index (χ1v) is 17.9. The molecule has 12 nitrogen and oxygen atoms in total. The summed E-state index contributed by atoms with van der Waals surface area (Å²) in [7, 11) is -4.54. The number of benzene rings is 3. The van der Waals surface area contributed by atoms with E-state index in [1.54, 1.807) is 51.1 Å². The van der Waals surface area contributed by atoms with Crippen molar-refractivity contribution in [2.75, 3.05) is 3.82 Å². The summed E-state index contributed by atoms with van der Waals surface area (Å²) < 4.78 is 61.8. The minimum atomic E-state index is -4.54. The summed E-state index contributed by atoms with van der Waals surface area (Å²) in [6.45, 7) is 6.93. The Morgan fingerprint density at radius 2 is 1.75 bits per heavy atom. The van der Waals surface area contributed by atoms with Crippen LogP contribution in [0.2, 0.25) is 0 Å². The number of rotatable bonds is 9. The number of para-hydroxylation sites is 1. The molecule has 6 rings (SSSR count). The van der Waals surface area contributed by atoms with Crippen LogP contribution in [0.4, 0.5) is 14.5 Å². The monoisotopic (exact) mass is 750 g/mol. The molecule has 16 heteroatoms. The lowest BCUT2D eigenvalue weighted by molar-refractivity contribution is 0.00683. The first kappa shape index (κ1) is 36.4. The van der Waals surface area contributed by atoms with Crippen molar-refractivity contribution >= 4 is 50.9 Å². The van der Waals surface area contributed by atoms with Gasteiger partial charge in [0.05, 0.1) is 23.5 Å². The minimum Gasteiger partial charge on any atom is -0.456 e. The van der Waals surface area contributed by atoms with Crippen LogP contribution < -0.4 is 14.5 Å². The Bertz CT molecular complexity index is 2350. The van der Waals surface area contributed by atoms with Crippen LogP contribution >= 0.6 is 11.8 Å². The smallest absolute Gasteiger partial charge is 0.338 e. The van der Waals surface area contributed by atoms with Crippen LogP contribution in [0.25, 0.3) is 5.65 Å².